The minimum atomic E-state index is -0.289. The number of benzene rings is 3. The number of imidazole rings is 1. The number of amides is 2. The number of aromatic nitrogens is 4. The zero-order valence-electron chi connectivity index (χ0n) is 24.7. The Morgan fingerprint density at radius 3 is 2.59 bits per heavy atom. The molecule has 3 heterocycles. The van der Waals surface area contributed by atoms with Crippen molar-refractivity contribution in [3.63, 3.8) is 0 Å². The Morgan fingerprint density at radius 2 is 1.77 bits per heavy atom. The maximum atomic E-state index is 13.5. The van der Waals surface area contributed by atoms with Crippen molar-refractivity contribution >= 4 is 34.6 Å². The second-order valence-corrected chi connectivity index (χ2v) is 10.7. The van der Waals surface area contributed by atoms with Crippen molar-refractivity contribution in [1.82, 2.24) is 24.4 Å². The molecule has 5 aromatic rings. The van der Waals surface area contributed by atoms with E-state index in [1.165, 1.54) is 12.1 Å². The number of carbonyl (C=O) groups is 1. The monoisotopic (exact) mass is 596 g/mol. The number of hydrogen-bond acceptors (Lipinski definition) is 8. The normalized spacial score (nSPS) is 11.9. The average Bonchev–Trinajstić information content (AvgIpc) is 3.66. The first-order valence-corrected chi connectivity index (χ1v) is 14.2. The molecule has 12 heteroatoms. The van der Waals surface area contributed by atoms with E-state index < -0.39 is 0 Å². The van der Waals surface area contributed by atoms with Gasteiger partial charge in [-0.15, -0.1) is 0 Å². The maximum absolute atomic E-state index is 13.5. The molecule has 0 aliphatic carbocycles. The van der Waals surface area contributed by atoms with E-state index in [0.29, 0.717) is 54.9 Å². The second kappa shape index (κ2) is 12.5. The van der Waals surface area contributed by atoms with E-state index in [0.717, 1.165) is 28.1 Å². The Bertz CT molecular complexity index is 1790. The average molecular weight is 597 g/mol. The van der Waals surface area contributed by atoms with Gasteiger partial charge >= 0.3 is 6.03 Å². The van der Waals surface area contributed by atoms with Crippen LogP contribution in [0.15, 0.2) is 73.1 Å². The number of rotatable bonds is 10. The third-order valence-corrected chi connectivity index (χ3v) is 7.34. The zero-order chi connectivity index (χ0) is 30.6. The van der Waals surface area contributed by atoms with E-state index in [4.69, 9.17) is 19.4 Å². The minimum Gasteiger partial charge on any atom is -0.454 e. The second-order valence-electron chi connectivity index (χ2n) is 10.7. The van der Waals surface area contributed by atoms with Crippen LogP contribution in [-0.4, -0.2) is 64.4 Å². The molecular formula is C32H33FN8O3. The minimum absolute atomic E-state index is 0.205. The quantitative estimate of drug-likeness (QED) is 0.225. The van der Waals surface area contributed by atoms with Crippen molar-refractivity contribution < 1.29 is 18.7 Å². The smallest absolute Gasteiger partial charge is 0.321 e. The van der Waals surface area contributed by atoms with Crippen LogP contribution in [0.25, 0.3) is 11.2 Å². The van der Waals surface area contributed by atoms with Gasteiger partial charge in [0.15, 0.2) is 28.5 Å². The number of aryl methyl sites for hydroxylation is 1. The molecule has 3 aromatic carbocycles. The molecule has 0 bridgehead atoms. The van der Waals surface area contributed by atoms with Crippen LogP contribution in [0.2, 0.25) is 0 Å². The number of likely N-dealkylation sites (N-methyl/N-ethyl adjacent to an activating group) is 2. The Balaban J connectivity index is 1.22. The highest BCUT2D eigenvalue weighted by molar-refractivity contribution is 5.89. The summed E-state index contributed by atoms with van der Waals surface area (Å²) in [5, 5.41) is 6.35. The Morgan fingerprint density at radius 1 is 0.977 bits per heavy atom. The van der Waals surface area contributed by atoms with Gasteiger partial charge in [-0.3, -0.25) is 0 Å². The van der Waals surface area contributed by atoms with Crippen LogP contribution in [0, 0.1) is 12.7 Å². The van der Waals surface area contributed by atoms with E-state index in [-0.39, 0.29) is 18.6 Å². The van der Waals surface area contributed by atoms with Crippen molar-refractivity contribution in [2.45, 2.75) is 20.0 Å². The first-order valence-electron chi connectivity index (χ1n) is 14.2. The van der Waals surface area contributed by atoms with Crippen LogP contribution >= 0.6 is 0 Å². The van der Waals surface area contributed by atoms with Gasteiger partial charge in [-0.2, -0.15) is 9.97 Å². The number of anilines is 3. The van der Waals surface area contributed by atoms with Gasteiger partial charge in [0.05, 0.1) is 12.9 Å². The van der Waals surface area contributed by atoms with E-state index in [2.05, 4.69) is 15.6 Å². The molecule has 6 rings (SSSR count). The summed E-state index contributed by atoms with van der Waals surface area (Å²) < 4.78 is 26.4. The molecule has 0 saturated carbocycles. The van der Waals surface area contributed by atoms with Gasteiger partial charge in [-0.05, 0) is 60.0 Å². The highest BCUT2D eigenvalue weighted by atomic mass is 19.1. The number of nitrogens with one attached hydrogen (secondary N) is 2. The van der Waals surface area contributed by atoms with E-state index in [1.54, 1.807) is 30.4 Å². The summed E-state index contributed by atoms with van der Waals surface area (Å²) in [5.74, 6) is 2.18. The number of halogens is 1. The van der Waals surface area contributed by atoms with E-state index in [9.17, 15) is 9.18 Å². The Kier molecular flexibility index (Phi) is 8.13. The molecule has 2 aromatic heterocycles. The van der Waals surface area contributed by atoms with Crippen LogP contribution in [-0.2, 0) is 13.1 Å². The summed E-state index contributed by atoms with van der Waals surface area (Å²) >= 11 is 0. The lowest BCUT2D eigenvalue weighted by molar-refractivity contribution is 0.174. The highest BCUT2D eigenvalue weighted by Gasteiger charge is 2.18. The molecule has 1 aliphatic heterocycles. The van der Waals surface area contributed by atoms with Crippen LogP contribution in [0.4, 0.5) is 26.6 Å². The molecule has 0 saturated heterocycles. The van der Waals surface area contributed by atoms with Crippen LogP contribution in [0.1, 0.15) is 16.7 Å². The Labute approximate surface area is 254 Å². The van der Waals surface area contributed by atoms with Gasteiger partial charge in [0.25, 0.3) is 0 Å². The summed E-state index contributed by atoms with van der Waals surface area (Å²) in [6.45, 7) is 4.04. The Hall–Kier alpha value is -5.39. The molecule has 0 radical (unpaired) electrons. The first kappa shape index (κ1) is 28.7. The third-order valence-electron chi connectivity index (χ3n) is 7.34. The number of carbonyl (C=O) groups excluding carboxylic acids is 1. The maximum Gasteiger partial charge on any atom is 0.321 e. The molecule has 1 aliphatic rings. The van der Waals surface area contributed by atoms with Gasteiger partial charge < -0.3 is 34.5 Å². The van der Waals surface area contributed by atoms with Gasteiger partial charge in [-0.25, -0.2) is 14.2 Å². The number of ether oxygens (including phenoxy) is 2. The van der Waals surface area contributed by atoms with Crippen molar-refractivity contribution in [3.05, 3.63) is 95.6 Å². The summed E-state index contributed by atoms with van der Waals surface area (Å²) in [7, 11) is 3.63. The van der Waals surface area contributed by atoms with E-state index >= 15 is 0 Å². The summed E-state index contributed by atoms with van der Waals surface area (Å²) in [6, 6.07) is 19.6. The molecule has 2 amide bonds. The van der Waals surface area contributed by atoms with Crippen LogP contribution < -0.4 is 25.0 Å². The molecule has 0 unspecified atom stereocenters. The number of hydrogen-bond donors (Lipinski definition) is 2. The first-order chi connectivity index (χ1) is 21.3. The number of urea groups is 1. The lowest BCUT2D eigenvalue weighted by atomic mass is 10.2. The molecule has 0 fully saturated rings. The zero-order valence-corrected chi connectivity index (χ0v) is 24.7. The fourth-order valence-corrected chi connectivity index (χ4v) is 4.81. The SMILES string of the molecule is Cc1cccc(NC(=O)N(C)CCN(C)c2nc(NCc3ccc4c(c3)OCO4)c3ncn(Cc4ccc(F)cc4)c3n2)c1. The molecule has 0 atom stereocenters. The molecule has 2 N–H and O–H groups in total. The van der Waals surface area contributed by atoms with Crippen molar-refractivity contribution in [2.75, 3.05) is 49.5 Å². The highest BCUT2D eigenvalue weighted by Crippen LogP contribution is 2.33. The summed E-state index contributed by atoms with van der Waals surface area (Å²) in [6.07, 6.45) is 1.71. The standard InChI is InChI=1S/C32H33FN8O3/c1-21-5-4-6-25(15-21)36-32(42)40(3)14-13-39(2)31-37-29(34-17-23-9-12-26-27(16-23)44-20-43-26)28-30(38-31)41(19-35-28)18-22-7-10-24(33)11-8-22/h4-12,15-16,19H,13-14,17-18,20H2,1-3H3,(H,36,42)(H,34,37,38). The van der Waals surface area contributed by atoms with E-state index in [1.807, 2.05) is 65.9 Å². The topological polar surface area (TPSA) is 110 Å². The lowest BCUT2D eigenvalue weighted by Gasteiger charge is -2.23. The van der Waals surface area contributed by atoms with Gasteiger partial charge in [0, 0.05) is 39.4 Å². The van der Waals surface area contributed by atoms with Gasteiger partial charge in [0.2, 0.25) is 12.7 Å². The van der Waals surface area contributed by atoms with Crippen LogP contribution in [0.3, 0.4) is 0 Å². The van der Waals surface area contributed by atoms with Gasteiger partial charge in [0.1, 0.15) is 5.82 Å². The largest absolute Gasteiger partial charge is 0.454 e. The summed E-state index contributed by atoms with van der Waals surface area (Å²) in [5.41, 5.74) is 4.96. The molecule has 0 spiro atoms. The fraction of sp³-hybridized carbons (Fsp3) is 0.250. The van der Waals surface area contributed by atoms with Crippen molar-refractivity contribution in [1.29, 1.82) is 0 Å². The predicted molar refractivity (Wildman–Crippen MR) is 167 cm³/mol. The van der Waals surface area contributed by atoms with Crippen LogP contribution in [0.5, 0.6) is 11.5 Å². The van der Waals surface area contributed by atoms with Crippen molar-refractivity contribution in [2.24, 2.45) is 0 Å². The molecular weight excluding hydrogens is 563 g/mol. The molecule has 226 valence electrons. The predicted octanol–water partition coefficient (Wildman–Crippen LogP) is 5.26. The molecule has 44 heavy (non-hydrogen) atoms. The number of fused-ring (bicyclic) bond motifs is 2. The number of nitrogens with zero attached hydrogens (tertiary/aromatic N) is 6. The molecule has 11 nitrogen and oxygen atoms in total. The summed E-state index contributed by atoms with van der Waals surface area (Å²) in [4.78, 5) is 30.6. The fourth-order valence-electron chi connectivity index (χ4n) is 4.81. The van der Waals surface area contributed by atoms with Gasteiger partial charge in [-0.1, -0.05) is 30.3 Å². The van der Waals surface area contributed by atoms with Crippen molar-refractivity contribution in [3.8, 4) is 11.5 Å². The lowest BCUT2D eigenvalue weighted by Crippen LogP contribution is -2.37. The third kappa shape index (κ3) is 6.48.